The van der Waals surface area contributed by atoms with E-state index in [1.54, 1.807) is 0 Å². The molecule has 5 nitrogen and oxygen atoms in total. The second-order valence-electron chi connectivity index (χ2n) is 7.71. The molecule has 3 N–H and O–H groups in total. The number of benzene rings is 3. The van der Waals surface area contributed by atoms with Crippen LogP contribution in [0.5, 0.6) is 5.75 Å². The van der Waals surface area contributed by atoms with Gasteiger partial charge in [-0.15, -0.1) is 24.8 Å². The minimum Gasteiger partial charge on any atom is -0.494 e. The van der Waals surface area contributed by atoms with Gasteiger partial charge in [0.2, 0.25) is 5.91 Å². The van der Waals surface area contributed by atoms with Crippen molar-refractivity contribution in [3.63, 3.8) is 0 Å². The van der Waals surface area contributed by atoms with Crippen molar-refractivity contribution < 1.29 is 18.3 Å². The van der Waals surface area contributed by atoms with Crippen LogP contribution in [-0.2, 0) is 4.79 Å². The number of anilines is 1. The Morgan fingerprint density at radius 1 is 0.889 bits per heavy atom. The predicted molar refractivity (Wildman–Crippen MR) is 142 cm³/mol. The molecule has 188 valence electrons. The van der Waals surface area contributed by atoms with Crippen molar-refractivity contribution in [2.75, 3.05) is 12.4 Å². The lowest BCUT2D eigenvalue weighted by Gasteiger charge is -2.24. The molecular formula is C27H25Cl2F2N3O2. The fraction of sp³-hybridized carbons (Fsp3) is 0.111. The molecule has 0 saturated carbocycles. The summed E-state index contributed by atoms with van der Waals surface area (Å²) >= 11 is 0. The number of ether oxygens (including phenoxy) is 1. The van der Waals surface area contributed by atoms with Crippen LogP contribution >= 0.6 is 24.8 Å². The summed E-state index contributed by atoms with van der Waals surface area (Å²) in [5, 5.41) is 2.68. The molecule has 36 heavy (non-hydrogen) atoms. The van der Waals surface area contributed by atoms with Gasteiger partial charge in [-0.05, 0) is 29.3 Å². The number of halogens is 4. The Bertz CT molecular complexity index is 1260. The van der Waals surface area contributed by atoms with E-state index in [1.165, 1.54) is 25.4 Å². The van der Waals surface area contributed by atoms with Crippen molar-refractivity contribution in [1.29, 1.82) is 0 Å². The monoisotopic (exact) mass is 531 g/mol. The van der Waals surface area contributed by atoms with E-state index < -0.39 is 29.5 Å². The number of carbonyl (C=O) groups excluding carboxylic acids is 1. The van der Waals surface area contributed by atoms with E-state index in [0.29, 0.717) is 0 Å². The third kappa shape index (κ3) is 6.18. The molecule has 0 spiro atoms. The van der Waals surface area contributed by atoms with Gasteiger partial charge in [0.05, 0.1) is 31.1 Å². The summed E-state index contributed by atoms with van der Waals surface area (Å²) in [4.78, 5) is 16.8. The molecule has 4 rings (SSSR count). The fourth-order valence-electron chi connectivity index (χ4n) is 3.93. The first-order chi connectivity index (χ1) is 16.5. The van der Waals surface area contributed by atoms with Crippen LogP contribution in [0.4, 0.5) is 14.5 Å². The molecular weight excluding hydrogens is 507 g/mol. The van der Waals surface area contributed by atoms with Gasteiger partial charge < -0.3 is 15.8 Å². The summed E-state index contributed by atoms with van der Waals surface area (Å²) in [5.41, 5.74) is 8.34. The summed E-state index contributed by atoms with van der Waals surface area (Å²) in [6.07, 6.45) is 2.29. The Balaban J connectivity index is 0.00000228. The van der Waals surface area contributed by atoms with Crippen LogP contribution in [0.25, 0.3) is 11.1 Å². The topological polar surface area (TPSA) is 77.2 Å². The highest BCUT2D eigenvalue weighted by molar-refractivity contribution is 5.96. The van der Waals surface area contributed by atoms with Crippen molar-refractivity contribution in [3.8, 4) is 16.9 Å². The van der Waals surface area contributed by atoms with E-state index in [0.717, 1.165) is 23.4 Å². The largest absolute Gasteiger partial charge is 0.494 e. The van der Waals surface area contributed by atoms with Crippen molar-refractivity contribution in [2.24, 2.45) is 5.73 Å². The van der Waals surface area contributed by atoms with Crippen LogP contribution < -0.4 is 15.8 Å². The molecule has 9 heteroatoms. The molecule has 0 fully saturated rings. The highest BCUT2D eigenvalue weighted by Crippen LogP contribution is 2.34. The van der Waals surface area contributed by atoms with Gasteiger partial charge >= 0.3 is 0 Å². The third-order valence-electron chi connectivity index (χ3n) is 5.57. The molecule has 1 heterocycles. The number of amides is 1. The first-order valence-corrected chi connectivity index (χ1v) is 10.6. The van der Waals surface area contributed by atoms with Crippen molar-refractivity contribution in [2.45, 2.75) is 12.0 Å². The lowest BCUT2D eigenvalue weighted by Crippen LogP contribution is -2.41. The van der Waals surface area contributed by atoms with Gasteiger partial charge in [0.15, 0.2) is 5.82 Å². The molecule has 4 aromatic rings. The molecule has 1 amide bonds. The summed E-state index contributed by atoms with van der Waals surface area (Å²) in [6, 6.07) is 22.0. The Morgan fingerprint density at radius 2 is 1.47 bits per heavy atom. The molecule has 0 aliphatic heterocycles. The van der Waals surface area contributed by atoms with E-state index >= 15 is 0 Å². The second-order valence-corrected chi connectivity index (χ2v) is 7.71. The number of hydrogen-bond donors (Lipinski definition) is 2. The maximum absolute atomic E-state index is 14.9. The van der Waals surface area contributed by atoms with Crippen LogP contribution in [0.1, 0.15) is 17.0 Å². The zero-order valence-electron chi connectivity index (χ0n) is 19.2. The lowest BCUT2D eigenvalue weighted by molar-refractivity contribution is -0.117. The molecule has 1 unspecified atom stereocenters. The minimum atomic E-state index is -0.940. The normalized spacial score (nSPS) is 11.1. The number of rotatable bonds is 7. The third-order valence-corrected chi connectivity index (χ3v) is 5.57. The zero-order valence-corrected chi connectivity index (χ0v) is 20.9. The second kappa shape index (κ2) is 13.0. The van der Waals surface area contributed by atoms with E-state index in [-0.39, 0.29) is 47.4 Å². The van der Waals surface area contributed by atoms with Crippen LogP contribution in [-0.4, -0.2) is 24.0 Å². The lowest BCUT2D eigenvalue weighted by atomic mass is 9.85. The first kappa shape index (κ1) is 28.7. The van der Waals surface area contributed by atoms with E-state index in [4.69, 9.17) is 10.5 Å². The number of hydrogen-bond acceptors (Lipinski definition) is 4. The Morgan fingerprint density at radius 3 is 2.00 bits per heavy atom. The Kier molecular flexibility index (Phi) is 10.3. The summed E-state index contributed by atoms with van der Waals surface area (Å²) in [6.45, 7) is 0. The van der Waals surface area contributed by atoms with E-state index in [9.17, 15) is 13.6 Å². The Labute approximate surface area is 220 Å². The zero-order chi connectivity index (χ0) is 24.1. The van der Waals surface area contributed by atoms with Gasteiger partial charge in [0.1, 0.15) is 11.6 Å². The van der Waals surface area contributed by atoms with Crippen LogP contribution in [0.3, 0.4) is 0 Å². The average Bonchev–Trinajstić information content (AvgIpc) is 2.86. The van der Waals surface area contributed by atoms with Crippen molar-refractivity contribution in [3.05, 3.63) is 114 Å². The van der Waals surface area contributed by atoms with Gasteiger partial charge in [0, 0.05) is 17.2 Å². The quantitative estimate of drug-likeness (QED) is 0.307. The highest BCUT2D eigenvalue weighted by Gasteiger charge is 2.28. The number of nitrogens with one attached hydrogen (secondary N) is 1. The maximum atomic E-state index is 14.9. The SMILES string of the molecule is COc1cncc(F)c1-c1ccc(NC(=O)C(N)C(c2ccccc2)c2ccccc2)cc1F.Cl.Cl. The number of aromatic nitrogens is 1. The number of methoxy groups -OCH3 is 1. The molecule has 1 atom stereocenters. The van der Waals surface area contributed by atoms with Gasteiger partial charge in [-0.3, -0.25) is 9.78 Å². The molecule has 0 radical (unpaired) electrons. The smallest absolute Gasteiger partial charge is 0.242 e. The van der Waals surface area contributed by atoms with E-state index in [2.05, 4.69) is 10.3 Å². The van der Waals surface area contributed by atoms with Gasteiger partial charge in [-0.25, -0.2) is 8.78 Å². The average molecular weight is 532 g/mol. The summed E-state index contributed by atoms with van der Waals surface area (Å²) < 4.78 is 34.4. The van der Waals surface area contributed by atoms with Crippen LogP contribution in [0.15, 0.2) is 91.3 Å². The molecule has 0 saturated heterocycles. The summed E-state index contributed by atoms with van der Waals surface area (Å²) in [7, 11) is 1.35. The first-order valence-electron chi connectivity index (χ1n) is 10.6. The molecule has 1 aromatic heterocycles. The fourth-order valence-corrected chi connectivity index (χ4v) is 3.93. The predicted octanol–water partition coefficient (Wildman–Crippen LogP) is 5.98. The van der Waals surface area contributed by atoms with Crippen LogP contribution in [0.2, 0.25) is 0 Å². The molecule has 3 aromatic carbocycles. The molecule has 0 aliphatic carbocycles. The van der Waals surface area contributed by atoms with Crippen molar-refractivity contribution in [1.82, 2.24) is 4.98 Å². The molecule has 0 bridgehead atoms. The standard InChI is InChI=1S/C27H23F2N3O2.2ClH/c1-34-23-16-31-15-22(29)25(23)20-13-12-19(14-21(20)28)32-27(33)26(30)24(17-8-4-2-5-9-17)18-10-6-3-7-11-18;;/h2-16,24,26H,30H2,1H3,(H,32,33);2*1H. The maximum Gasteiger partial charge on any atom is 0.242 e. The number of pyridine rings is 1. The van der Waals surface area contributed by atoms with E-state index in [1.807, 2.05) is 60.7 Å². The van der Waals surface area contributed by atoms with Gasteiger partial charge in [-0.1, -0.05) is 60.7 Å². The molecule has 0 aliphatic rings. The minimum absolute atomic E-state index is 0. The highest BCUT2D eigenvalue weighted by atomic mass is 35.5. The number of nitrogens with zero attached hydrogens (tertiary/aromatic N) is 1. The van der Waals surface area contributed by atoms with Gasteiger partial charge in [0.25, 0.3) is 0 Å². The number of nitrogens with two attached hydrogens (primary N) is 1. The van der Waals surface area contributed by atoms with Crippen molar-refractivity contribution >= 4 is 36.4 Å². The number of carbonyl (C=O) groups is 1. The van der Waals surface area contributed by atoms with Gasteiger partial charge in [-0.2, -0.15) is 0 Å². The summed E-state index contributed by atoms with van der Waals surface area (Å²) in [5.74, 6) is -2.21. The van der Waals surface area contributed by atoms with Crippen LogP contribution in [0, 0.1) is 11.6 Å². The Hall–Kier alpha value is -3.52.